The summed E-state index contributed by atoms with van der Waals surface area (Å²) in [5.41, 5.74) is 7.94. The molecule has 2 heterocycles. The maximum absolute atomic E-state index is 13.3. The average molecular weight is 276 g/mol. The fourth-order valence-electron chi connectivity index (χ4n) is 2.13. The zero-order valence-corrected chi connectivity index (χ0v) is 11.2. The van der Waals surface area contributed by atoms with Gasteiger partial charge in [0.25, 0.3) is 0 Å². The largest absolute Gasteiger partial charge is 0.325 e. The molecule has 4 nitrogen and oxygen atoms in total. The average Bonchev–Trinajstić information content (AvgIpc) is 3.01. The Balaban J connectivity index is 2.22. The van der Waals surface area contributed by atoms with Crippen molar-refractivity contribution in [3.05, 3.63) is 34.4 Å². The first-order chi connectivity index (χ1) is 9.22. The van der Waals surface area contributed by atoms with E-state index in [1.165, 1.54) is 23.5 Å². The minimum atomic E-state index is -0.277. The molecule has 0 radical (unpaired) electrons. The summed E-state index contributed by atoms with van der Waals surface area (Å²) < 4.78 is 15.3. The summed E-state index contributed by atoms with van der Waals surface area (Å²) in [5, 5.41) is 2.81. The molecule has 1 aromatic carbocycles. The van der Waals surface area contributed by atoms with Crippen LogP contribution < -0.4 is 5.73 Å². The van der Waals surface area contributed by atoms with Crippen molar-refractivity contribution in [3.8, 4) is 11.5 Å². The van der Waals surface area contributed by atoms with Crippen molar-refractivity contribution >= 4 is 22.4 Å². The number of aryl methyl sites for hydroxylation is 1. The number of aromatic nitrogens is 3. The van der Waals surface area contributed by atoms with Crippen LogP contribution in [0.4, 0.5) is 4.39 Å². The van der Waals surface area contributed by atoms with E-state index in [1.807, 2.05) is 16.9 Å². The highest BCUT2D eigenvalue weighted by molar-refractivity contribution is 7.09. The van der Waals surface area contributed by atoms with Gasteiger partial charge in [0.05, 0.1) is 11.0 Å². The highest BCUT2D eigenvalue weighted by Crippen LogP contribution is 2.26. The molecule has 3 aromatic rings. The molecule has 0 amide bonds. The molecule has 0 spiro atoms. The second-order valence-corrected chi connectivity index (χ2v) is 5.09. The molecule has 0 fully saturated rings. The molecule has 2 aromatic heterocycles. The molecule has 0 aliphatic carbocycles. The summed E-state index contributed by atoms with van der Waals surface area (Å²) in [6.45, 7) is 3.21. The van der Waals surface area contributed by atoms with Crippen LogP contribution in [-0.4, -0.2) is 14.5 Å². The Hall–Kier alpha value is -1.79. The minimum Gasteiger partial charge on any atom is -0.325 e. The first-order valence-electron chi connectivity index (χ1n) is 6.03. The number of thiazole rings is 1. The predicted octanol–water partition coefficient (Wildman–Crippen LogP) is 2.78. The van der Waals surface area contributed by atoms with Crippen molar-refractivity contribution in [2.45, 2.75) is 20.0 Å². The van der Waals surface area contributed by atoms with Gasteiger partial charge in [-0.25, -0.2) is 14.4 Å². The maximum Gasteiger partial charge on any atom is 0.160 e. The van der Waals surface area contributed by atoms with Crippen molar-refractivity contribution in [1.29, 1.82) is 0 Å². The van der Waals surface area contributed by atoms with Gasteiger partial charge in [0.2, 0.25) is 0 Å². The van der Waals surface area contributed by atoms with Crippen LogP contribution in [0, 0.1) is 5.82 Å². The lowest BCUT2D eigenvalue weighted by Crippen LogP contribution is -1.99. The van der Waals surface area contributed by atoms with Crippen LogP contribution in [0.1, 0.15) is 11.9 Å². The quantitative estimate of drug-likeness (QED) is 0.800. The van der Waals surface area contributed by atoms with Gasteiger partial charge in [-0.1, -0.05) is 0 Å². The lowest BCUT2D eigenvalue weighted by molar-refractivity contribution is 0.629. The molecule has 98 valence electrons. The summed E-state index contributed by atoms with van der Waals surface area (Å²) in [7, 11) is 0. The maximum atomic E-state index is 13.3. The van der Waals surface area contributed by atoms with E-state index in [-0.39, 0.29) is 5.82 Å². The zero-order valence-electron chi connectivity index (χ0n) is 10.4. The van der Waals surface area contributed by atoms with Crippen molar-refractivity contribution in [1.82, 2.24) is 14.5 Å². The zero-order chi connectivity index (χ0) is 13.4. The molecule has 0 aliphatic heterocycles. The smallest absolute Gasteiger partial charge is 0.160 e. The van der Waals surface area contributed by atoms with Gasteiger partial charge in [-0.2, -0.15) is 0 Å². The first kappa shape index (κ1) is 12.3. The van der Waals surface area contributed by atoms with Crippen LogP contribution in [0.25, 0.3) is 22.6 Å². The Morgan fingerprint density at radius 1 is 1.37 bits per heavy atom. The summed E-state index contributed by atoms with van der Waals surface area (Å²) in [5.74, 6) is 0.486. The lowest BCUT2D eigenvalue weighted by atomic mass is 10.3. The Kier molecular flexibility index (Phi) is 3.04. The van der Waals surface area contributed by atoms with E-state index >= 15 is 0 Å². The van der Waals surface area contributed by atoms with Crippen LogP contribution in [0.15, 0.2) is 23.6 Å². The van der Waals surface area contributed by atoms with Crippen LogP contribution in [0.3, 0.4) is 0 Å². The van der Waals surface area contributed by atoms with Gasteiger partial charge in [-0.05, 0) is 19.1 Å². The van der Waals surface area contributed by atoms with Gasteiger partial charge in [0.15, 0.2) is 5.82 Å². The molecular weight excluding hydrogens is 263 g/mol. The number of rotatable bonds is 3. The fraction of sp³-hybridized carbons (Fsp3) is 0.231. The Morgan fingerprint density at radius 3 is 2.89 bits per heavy atom. The van der Waals surface area contributed by atoms with Crippen molar-refractivity contribution in [2.75, 3.05) is 0 Å². The number of benzene rings is 1. The van der Waals surface area contributed by atoms with E-state index in [0.29, 0.717) is 12.1 Å². The van der Waals surface area contributed by atoms with Gasteiger partial charge >= 0.3 is 0 Å². The van der Waals surface area contributed by atoms with E-state index in [0.717, 1.165) is 28.6 Å². The molecule has 19 heavy (non-hydrogen) atoms. The van der Waals surface area contributed by atoms with Gasteiger partial charge in [-0.15, -0.1) is 11.3 Å². The lowest BCUT2D eigenvalue weighted by Gasteiger charge is -2.03. The second-order valence-electron chi connectivity index (χ2n) is 4.14. The molecule has 0 saturated carbocycles. The highest BCUT2D eigenvalue weighted by atomic mass is 32.1. The van der Waals surface area contributed by atoms with E-state index in [2.05, 4.69) is 9.97 Å². The third-order valence-corrected chi connectivity index (χ3v) is 3.85. The Bertz CT molecular complexity index is 731. The van der Waals surface area contributed by atoms with Gasteiger partial charge < -0.3 is 10.3 Å². The number of hydrogen-bond acceptors (Lipinski definition) is 4. The molecule has 0 unspecified atom stereocenters. The Morgan fingerprint density at radius 2 is 2.21 bits per heavy atom. The normalized spacial score (nSPS) is 11.3. The third kappa shape index (κ3) is 2.02. The molecule has 6 heteroatoms. The third-order valence-electron chi connectivity index (χ3n) is 2.98. The standard InChI is InChI=1S/C13H13FN4S/c1-2-18-11-4-3-8(14)5-9(11)17-13(18)10-7-19-12(6-15)16-10/h3-5,7H,2,6,15H2,1H3. The van der Waals surface area contributed by atoms with Gasteiger partial charge in [0.1, 0.15) is 16.5 Å². The summed E-state index contributed by atoms with van der Waals surface area (Å²) in [4.78, 5) is 8.93. The molecule has 0 bridgehead atoms. The van der Waals surface area contributed by atoms with E-state index in [1.54, 1.807) is 6.07 Å². The van der Waals surface area contributed by atoms with E-state index < -0.39 is 0 Å². The van der Waals surface area contributed by atoms with Crippen LogP contribution in [-0.2, 0) is 13.1 Å². The summed E-state index contributed by atoms with van der Waals surface area (Å²) in [6, 6.07) is 4.65. The van der Waals surface area contributed by atoms with E-state index in [4.69, 9.17) is 5.73 Å². The van der Waals surface area contributed by atoms with E-state index in [9.17, 15) is 4.39 Å². The topological polar surface area (TPSA) is 56.7 Å². The number of nitrogens with zero attached hydrogens (tertiary/aromatic N) is 3. The number of imidazole rings is 1. The molecule has 0 aliphatic rings. The summed E-state index contributed by atoms with van der Waals surface area (Å²) in [6.07, 6.45) is 0. The van der Waals surface area contributed by atoms with Gasteiger partial charge in [0, 0.05) is 24.5 Å². The first-order valence-corrected chi connectivity index (χ1v) is 6.91. The molecule has 3 rings (SSSR count). The number of halogens is 1. The van der Waals surface area contributed by atoms with Gasteiger partial charge in [-0.3, -0.25) is 0 Å². The monoisotopic (exact) mass is 276 g/mol. The molecule has 0 atom stereocenters. The van der Waals surface area contributed by atoms with Crippen LogP contribution >= 0.6 is 11.3 Å². The van der Waals surface area contributed by atoms with Crippen LogP contribution in [0.2, 0.25) is 0 Å². The van der Waals surface area contributed by atoms with Crippen molar-refractivity contribution < 1.29 is 4.39 Å². The predicted molar refractivity (Wildman–Crippen MR) is 74.4 cm³/mol. The van der Waals surface area contributed by atoms with Crippen LogP contribution in [0.5, 0.6) is 0 Å². The summed E-state index contributed by atoms with van der Waals surface area (Å²) >= 11 is 1.51. The van der Waals surface area contributed by atoms with Crippen molar-refractivity contribution in [2.24, 2.45) is 5.73 Å². The molecule has 0 saturated heterocycles. The minimum absolute atomic E-state index is 0.277. The van der Waals surface area contributed by atoms with Crippen molar-refractivity contribution in [3.63, 3.8) is 0 Å². The Labute approximate surface area is 113 Å². The highest BCUT2D eigenvalue weighted by Gasteiger charge is 2.14. The molecular formula is C13H13FN4S. The number of hydrogen-bond donors (Lipinski definition) is 1. The number of fused-ring (bicyclic) bond motifs is 1. The molecule has 2 N–H and O–H groups in total. The number of nitrogens with two attached hydrogens (primary N) is 1. The fourth-order valence-corrected chi connectivity index (χ4v) is 2.78. The SMILES string of the molecule is CCn1c(-c2csc(CN)n2)nc2cc(F)ccc21. The second kappa shape index (κ2) is 4.71.